The van der Waals surface area contributed by atoms with Crippen molar-refractivity contribution in [3.05, 3.63) is 119 Å². The van der Waals surface area contributed by atoms with Crippen LogP contribution in [-0.4, -0.2) is 5.91 Å². The first-order valence-corrected chi connectivity index (χ1v) is 12.8. The monoisotopic (exact) mass is 559 g/mol. The Morgan fingerprint density at radius 1 is 0.800 bits per heavy atom. The van der Waals surface area contributed by atoms with Gasteiger partial charge in [0.2, 0.25) is 0 Å². The van der Waals surface area contributed by atoms with Crippen LogP contribution in [0, 0.1) is 0 Å². The highest BCUT2D eigenvalue weighted by atomic mass is 79.9. The van der Waals surface area contributed by atoms with Crippen LogP contribution in [-0.2, 0) is 10.7 Å². The van der Waals surface area contributed by atoms with Crippen molar-refractivity contribution in [2.24, 2.45) is 0 Å². The van der Waals surface area contributed by atoms with Crippen LogP contribution in [0.15, 0.2) is 108 Å². The minimum atomic E-state index is -4.48. The van der Waals surface area contributed by atoms with Gasteiger partial charge in [0.15, 0.2) is 0 Å². The normalized spacial score (nSPS) is 11.7. The summed E-state index contributed by atoms with van der Waals surface area (Å²) in [5.41, 5.74) is -0.594. The number of benzene rings is 4. The van der Waals surface area contributed by atoms with Gasteiger partial charge in [0.25, 0.3) is 5.91 Å². The van der Waals surface area contributed by atoms with Crippen LogP contribution in [0.2, 0.25) is 0 Å². The van der Waals surface area contributed by atoms with Crippen molar-refractivity contribution in [1.29, 1.82) is 0 Å². The van der Waals surface area contributed by atoms with Gasteiger partial charge in [0, 0.05) is 10.2 Å². The van der Waals surface area contributed by atoms with E-state index in [0.29, 0.717) is 15.1 Å². The maximum absolute atomic E-state index is 14.3. The molecule has 0 spiro atoms. The fourth-order valence-electron chi connectivity index (χ4n) is 3.34. The summed E-state index contributed by atoms with van der Waals surface area (Å²) in [6.07, 6.45) is -4.48. The van der Waals surface area contributed by atoms with E-state index >= 15 is 0 Å². The molecule has 0 aliphatic rings. The fourth-order valence-corrected chi connectivity index (χ4v) is 5.78. The molecule has 35 heavy (non-hydrogen) atoms. The zero-order valence-electron chi connectivity index (χ0n) is 18.0. The third-order valence-corrected chi connectivity index (χ3v) is 7.98. The molecule has 0 saturated heterocycles. The van der Waals surface area contributed by atoms with Crippen LogP contribution in [0.25, 0.3) is 0 Å². The lowest BCUT2D eigenvalue weighted by Crippen LogP contribution is -2.21. The Hall–Kier alpha value is -3.35. The Bertz CT molecular complexity index is 1340. The van der Waals surface area contributed by atoms with Crippen LogP contribution >= 0.6 is 23.3 Å². The van der Waals surface area contributed by atoms with Crippen LogP contribution in [0.4, 0.5) is 18.9 Å². The fraction of sp³-hybridized carbons (Fsp3) is 0.0385. The molecule has 0 saturated carbocycles. The van der Waals surface area contributed by atoms with Gasteiger partial charge in [-0.2, -0.15) is 13.2 Å². The van der Waals surface area contributed by atoms with E-state index in [2.05, 4.69) is 21.2 Å². The third kappa shape index (κ3) is 5.66. The molecule has 9 heteroatoms. The molecule has 4 aromatic rings. The van der Waals surface area contributed by atoms with Crippen LogP contribution in [0.3, 0.4) is 0 Å². The van der Waals surface area contributed by atoms with Crippen LogP contribution in [0.5, 0.6) is 5.75 Å². The summed E-state index contributed by atoms with van der Waals surface area (Å²) in [5.74, 6) is -0.567. The molecule has 0 atom stereocenters. The molecule has 1 amide bonds. The number of alkyl halides is 3. The van der Waals surface area contributed by atoms with Gasteiger partial charge in [-0.1, -0.05) is 52.3 Å². The molecule has 4 nitrogen and oxygen atoms in total. The number of carbonyl (C=O) groups excluding carboxylic acids is 1. The number of anilines is 1. The van der Waals surface area contributed by atoms with Crippen molar-refractivity contribution in [3.8, 4) is 5.75 Å². The van der Waals surface area contributed by atoms with E-state index in [9.17, 15) is 22.5 Å². The number of amides is 1. The average molecular weight is 560 g/mol. The summed E-state index contributed by atoms with van der Waals surface area (Å²) < 4.78 is 59.5. The molecule has 1 N–H and O–H groups in total. The predicted molar refractivity (Wildman–Crippen MR) is 134 cm³/mol. The Morgan fingerprint density at radius 2 is 1.34 bits per heavy atom. The van der Waals surface area contributed by atoms with Gasteiger partial charge >= 0.3 is 13.5 Å². The minimum Gasteiger partial charge on any atom is -0.436 e. The number of rotatable bonds is 6. The van der Waals surface area contributed by atoms with E-state index < -0.39 is 25.0 Å². The molecule has 0 aromatic heterocycles. The van der Waals surface area contributed by atoms with Gasteiger partial charge in [-0.25, -0.2) is 0 Å². The first kappa shape index (κ1) is 24.8. The smallest absolute Gasteiger partial charge is 0.416 e. The highest BCUT2D eigenvalue weighted by Gasteiger charge is 2.32. The number of halogens is 4. The number of carbonyl (C=O) groups is 1. The molecular weight excluding hydrogens is 542 g/mol. The first-order chi connectivity index (χ1) is 16.7. The zero-order valence-corrected chi connectivity index (χ0v) is 20.5. The molecular formula is C26H18BrF3NO3P. The topological polar surface area (TPSA) is 55.4 Å². The zero-order chi connectivity index (χ0) is 25.1. The highest BCUT2D eigenvalue weighted by molar-refractivity contribution is 9.10. The van der Waals surface area contributed by atoms with Crippen molar-refractivity contribution >= 4 is 45.5 Å². The van der Waals surface area contributed by atoms with Gasteiger partial charge in [-0.15, -0.1) is 0 Å². The first-order valence-electron chi connectivity index (χ1n) is 10.4. The predicted octanol–water partition coefficient (Wildman–Crippen LogP) is 7.03. The summed E-state index contributed by atoms with van der Waals surface area (Å²) in [6, 6.07) is 26.1. The number of nitrogens with one attached hydrogen (secondary N) is 1. The molecule has 178 valence electrons. The Labute approximate surface area is 208 Å². The molecule has 0 fully saturated rings. The molecule has 0 bridgehead atoms. The molecule has 0 heterocycles. The average Bonchev–Trinajstić information content (AvgIpc) is 2.86. The lowest BCUT2D eigenvalue weighted by Gasteiger charge is -2.22. The third-order valence-electron chi connectivity index (χ3n) is 5.08. The van der Waals surface area contributed by atoms with Gasteiger partial charge in [0.1, 0.15) is 5.75 Å². The summed E-state index contributed by atoms with van der Waals surface area (Å²) in [6.45, 7) is 0. The van der Waals surface area contributed by atoms with E-state index in [4.69, 9.17) is 4.52 Å². The molecule has 0 aliphatic carbocycles. The van der Waals surface area contributed by atoms with Crippen molar-refractivity contribution in [2.45, 2.75) is 6.18 Å². The van der Waals surface area contributed by atoms with Gasteiger partial charge in [-0.05, 0) is 66.7 Å². The summed E-state index contributed by atoms with van der Waals surface area (Å²) in [4.78, 5) is 13.1. The van der Waals surface area contributed by atoms with E-state index in [1.165, 1.54) is 12.1 Å². The molecule has 0 aliphatic heterocycles. The van der Waals surface area contributed by atoms with Gasteiger partial charge in [0.05, 0.1) is 21.7 Å². The maximum atomic E-state index is 14.3. The standard InChI is InChI=1S/C26H18BrF3NO3P/c27-19-13-16-24(23(17-19)25(32)31-20-14-11-18(12-15-20)26(28,29)30)34-35(33,21-7-3-1-4-8-21)22-9-5-2-6-10-22/h1-17H,(H,31,32). The van der Waals surface area contributed by atoms with Crippen molar-refractivity contribution in [1.82, 2.24) is 0 Å². The minimum absolute atomic E-state index is 0.0614. The maximum Gasteiger partial charge on any atom is 0.416 e. The SMILES string of the molecule is O=C(Nc1ccc(C(F)(F)F)cc1)c1cc(Br)ccc1OP(=O)(c1ccccc1)c1ccccc1. The van der Waals surface area contributed by atoms with Crippen molar-refractivity contribution < 1.29 is 27.1 Å². The summed E-state index contributed by atoms with van der Waals surface area (Å²) >= 11 is 3.32. The Kier molecular flexibility index (Phi) is 7.15. The second kappa shape index (κ2) is 10.1. The molecule has 0 radical (unpaired) electrons. The van der Waals surface area contributed by atoms with Crippen molar-refractivity contribution in [2.75, 3.05) is 5.32 Å². The van der Waals surface area contributed by atoms with E-state index in [1.54, 1.807) is 66.7 Å². The largest absolute Gasteiger partial charge is 0.436 e. The summed E-state index contributed by atoms with van der Waals surface area (Å²) in [7, 11) is -3.66. The highest BCUT2D eigenvalue weighted by Crippen LogP contribution is 2.46. The molecule has 4 aromatic carbocycles. The lowest BCUT2D eigenvalue weighted by molar-refractivity contribution is -0.137. The molecule has 0 unspecified atom stereocenters. The van der Waals surface area contributed by atoms with Crippen LogP contribution in [0.1, 0.15) is 15.9 Å². The van der Waals surface area contributed by atoms with Crippen LogP contribution < -0.4 is 20.4 Å². The van der Waals surface area contributed by atoms with E-state index in [-0.39, 0.29) is 17.0 Å². The summed E-state index contributed by atoms with van der Waals surface area (Å²) in [5, 5.41) is 3.47. The van der Waals surface area contributed by atoms with E-state index in [1.807, 2.05) is 0 Å². The quantitative estimate of drug-likeness (QED) is 0.258. The number of hydrogen-bond acceptors (Lipinski definition) is 3. The second-order valence-corrected chi connectivity index (χ2v) is 10.7. The van der Waals surface area contributed by atoms with Crippen molar-refractivity contribution in [3.63, 3.8) is 0 Å². The Balaban J connectivity index is 1.70. The van der Waals surface area contributed by atoms with Gasteiger partial charge in [-0.3, -0.25) is 9.36 Å². The number of hydrogen-bond donors (Lipinski definition) is 1. The van der Waals surface area contributed by atoms with Gasteiger partial charge < -0.3 is 9.84 Å². The molecule has 4 rings (SSSR count). The Morgan fingerprint density at radius 3 is 1.86 bits per heavy atom. The second-order valence-electron chi connectivity index (χ2n) is 7.48. The lowest BCUT2D eigenvalue weighted by atomic mass is 10.1. The van der Waals surface area contributed by atoms with E-state index in [0.717, 1.165) is 24.3 Å².